The van der Waals surface area contributed by atoms with Crippen molar-refractivity contribution in [3.8, 4) is 0 Å². The molecular formula is C44H62O9P2. The van der Waals surface area contributed by atoms with Crippen molar-refractivity contribution >= 4 is 27.0 Å². The number of hydrogen-bond donors (Lipinski definition) is 0. The number of carbonyl (C=O) groups excluding carboxylic acids is 2. The number of phosphoric ester groups is 1. The summed E-state index contributed by atoms with van der Waals surface area (Å²) < 4.78 is 51.1. The SMILES string of the molecule is COP(=O)(OC)OC1CC(C)(C)C(/C=C/C(C)=C/C=C/C(C)=C/C=C/C=C(C)/C=C/C=C(C)/C=C/C2=C(C)C(=O)C(P(=O)(OC)OC)CC2(C)C)=C(C)C1=O. The smallest absolute Gasteiger partial charge is 0.311 e. The molecule has 0 saturated heterocycles. The van der Waals surface area contributed by atoms with E-state index in [1.807, 2.05) is 140 Å². The van der Waals surface area contributed by atoms with E-state index in [4.69, 9.17) is 22.6 Å². The summed E-state index contributed by atoms with van der Waals surface area (Å²) in [5.74, 6) is -0.421. The van der Waals surface area contributed by atoms with Crippen molar-refractivity contribution in [3.05, 3.63) is 130 Å². The van der Waals surface area contributed by atoms with Crippen molar-refractivity contribution in [1.82, 2.24) is 0 Å². The van der Waals surface area contributed by atoms with Crippen LogP contribution in [-0.4, -0.2) is 51.8 Å². The molecule has 0 spiro atoms. The second kappa shape index (κ2) is 20.8. The van der Waals surface area contributed by atoms with Crippen LogP contribution >= 0.6 is 15.4 Å². The maximum atomic E-state index is 13.1. The summed E-state index contributed by atoms with van der Waals surface area (Å²) in [6.45, 7) is 19.8. The maximum Gasteiger partial charge on any atom is 0.474 e. The third kappa shape index (κ3) is 13.4. The molecule has 2 rings (SSSR count). The predicted molar refractivity (Wildman–Crippen MR) is 225 cm³/mol. The van der Waals surface area contributed by atoms with E-state index < -0.39 is 32.6 Å². The molecule has 11 heteroatoms. The normalized spacial score (nSPS) is 22.7. The van der Waals surface area contributed by atoms with Crippen molar-refractivity contribution in [2.75, 3.05) is 28.4 Å². The third-order valence-corrected chi connectivity index (χ3v) is 13.5. The van der Waals surface area contributed by atoms with Crippen LogP contribution in [0.1, 0.15) is 82.1 Å². The summed E-state index contributed by atoms with van der Waals surface area (Å²) >= 11 is 0. The van der Waals surface area contributed by atoms with Crippen LogP contribution in [-0.2, 0) is 41.3 Å². The van der Waals surface area contributed by atoms with Crippen molar-refractivity contribution in [1.29, 1.82) is 0 Å². The van der Waals surface area contributed by atoms with Gasteiger partial charge in [-0.25, -0.2) is 4.57 Å². The molecule has 0 aliphatic heterocycles. The van der Waals surface area contributed by atoms with Crippen molar-refractivity contribution in [2.45, 2.75) is 93.8 Å². The van der Waals surface area contributed by atoms with Crippen LogP contribution in [0.3, 0.4) is 0 Å². The molecule has 55 heavy (non-hydrogen) atoms. The highest BCUT2D eigenvalue weighted by molar-refractivity contribution is 7.55. The van der Waals surface area contributed by atoms with Gasteiger partial charge in [0.05, 0.1) is 0 Å². The molecule has 2 aliphatic rings. The quantitative estimate of drug-likeness (QED) is 0.105. The largest absolute Gasteiger partial charge is 0.474 e. The molecule has 0 aromatic rings. The second-order valence-corrected chi connectivity index (χ2v) is 19.5. The van der Waals surface area contributed by atoms with Gasteiger partial charge in [-0.15, -0.1) is 0 Å². The minimum absolute atomic E-state index is 0.194. The van der Waals surface area contributed by atoms with E-state index in [0.29, 0.717) is 24.0 Å². The Morgan fingerprint density at radius 3 is 1.38 bits per heavy atom. The van der Waals surface area contributed by atoms with E-state index in [0.717, 1.165) is 33.4 Å². The fourth-order valence-corrected chi connectivity index (χ4v) is 9.20. The fraction of sp³-hybridized carbons (Fsp3) is 0.455. The lowest BCUT2D eigenvalue weighted by atomic mass is 9.71. The van der Waals surface area contributed by atoms with Gasteiger partial charge >= 0.3 is 15.4 Å². The number of carbonyl (C=O) groups is 2. The maximum absolute atomic E-state index is 13.1. The average Bonchev–Trinajstić information content (AvgIpc) is 3.13. The molecule has 9 nitrogen and oxygen atoms in total. The first-order chi connectivity index (χ1) is 25.6. The summed E-state index contributed by atoms with van der Waals surface area (Å²) in [4.78, 5) is 26.2. The Hall–Kier alpha value is -3.26. The highest BCUT2D eigenvalue weighted by atomic mass is 31.2. The Labute approximate surface area is 330 Å². The molecule has 2 atom stereocenters. The monoisotopic (exact) mass is 796 g/mol. The Morgan fingerprint density at radius 1 is 0.582 bits per heavy atom. The first-order valence-corrected chi connectivity index (χ1v) is 21.4. The molecule has 0 amide bonds. The van der Waals surface area contributed by atoms with Crippen LogP contribution in [0, 0.1) is 10.8 Å². The van der Waals surface area contributed by atoms with Gasteiger partial charge < -0.3 is 9.05 Å². The van der Waals surface area contributed by atoms with Crippen LogP contribution in [0.5, 0.6) is 0 Å². The molecule has 2 unspecified atom stereocenters. The van der Waals surface area contributed by atoms with E-state index in [9.17, 15) is 18.7 Å². The molecule has 0 radical (unpaired) electrons. The Balaban J connectivity index is 2.02. The average molecular weight is 797 g/mol. The molecule has 2 aliphatic carbocycles. The number of Topliss-reactive ketones (excluding diaryl/α,β-unsaturated/α-hetero) is 2. The van der Waals surface area contributed by atoms with E-state index >= 15 is 0 Å². The van der Waals surface area contributed by atoms with Crippen LogP contribution in [0.25, 0.3) is 0 Å². The van der Waals surface area contributed by atoms with Crippen molar-refractivity contribution < 1.29 is 41.3 Å². The Morgan fingerprint density at radius 2 is 0.964 bits per heavy atom. The van der Waals surface area contributed by atoms with Gasteiger partial charge in [-0.3, -0.25) is 27.7 Å². The number of rotatable bonds is 17. The van der Waals surface area contributed by atoms with E-state index in [1.54, 1.807) is 13.8 Å². The minimum atomic E-state index is -3.79. The highest BCUT2D eigenvalue weighted by Gasteiger charge is 2.48. The summed E-state index contributed by atoms with van der Waals surface area (Å²) in [5, 5.41) is 0. The van der Waals surface area contributed by atoms with Crippen molar-refractivity contribution in [2.24, 2.45) is 10.8 Å². The Kier molecular flexibility index (Phi) is 18.1. The van der Waals surface area contributed by atoms with Crippen LogP contribution in [0.4, 0.5) is 0 Å². The molecule has 0 aromatic heterocycles. The van der Waals surface area contributed by atoms with Gasteiger partial charge in [-0.05, 0) is 87.5 Å². The van der Waals surface area contributed by atoms with Gasteiger partial charge in [0.25, 0.3) is 0 Å². The lowest BCUT2D eigenvalue weighted by molar-refractivity contribution is -0.125. The zero-order valence-corrected chi connectivity index (χ0v) is 37.0. The zero-order valence-electron chi connectivity index (χ0n) is 35.2. The van der Waals surface area contributed by atoms with Gasteiger partial charge in [0, 0.05) is 28.4 Å². The van der Waals surface area contributed by atoms with Gasteiger partial charge in [-0.2, -0.15) is 0 Å². The van der Waals surface area contributed by atoms with E-state index in [2.05, 4.69) is 0 Å². The van der Waals surface area contributed by atoms with Gasteiger partial charge in [-0.1, -0.05) is 135 Å². The summed E-state index contributed by atoms with van der Waals surface area (Å²) in [6, 6.07) is 0. The van der Waals surface area contributed by atoms with Gasteiger partial charge in [0.15, 0.2) is 11.6 Å². The third-order valence-electron chi connectivity index (χ3n) is 9.89. The van der Waals surface area contributed by atoms with Crippen molar-refractivity contribution in [3.63, 3.8) is 0 Å². The fourth-order valence-electron chi connectivity index (χ4n) is 6.58. The van der Waals surface area contributed by atoms with Crippen LogP contribution in [0.15, 0.2) is 130 Å². The molecule has 302 valence electrons. The van der Waals surface area contributed by atoms with Crippen LogP contribution < -0.4 is 0 Å². The molecule has 0 saturated carbocycles. The van der Waals surface area contributed by atoms with E-state index in [1.165, 1.54) is 28.4 Å². The summed E-state index contributed by atoms with van der Waals surface area (Å²) in [5.41, 5.74) is 5.60. The molecular weight excluding hydrogens is 734 g/mol. The van der Waals surface area contributed by atoms with E-state index in [-0.39, 0.29) is 17.0 Å². The highest BCUT2D eigenvalue weighted by Crippen LogP contribution is 2.59. The second-order valence-electron chi connectivity index (χ2n) is 15.2. The predicted octanol–water partition coefficient (Wildman–Crippen LogP) is 11.8. The minimum Gasteiger partial charge on any atom is -0.311 e. The molecule has 0 aromatic carbocycles. The van der Waals surface area contributed by atoms with Crippen LogP contribution in [0.2, 0.25) is 0 Å². The van der Waals surface area contributed by atoms with Gasteiger partial charge in [0.1, 0.15) is 11.8 Å². The molecule has 0 heterocycles. The Bertz CT molecular complexity index is 1870. The molecule has 0 bridgehead atoms. The van der Waals surface area contributed by atoms with Gasteiger partial charge in [0.2, 0.25) is 0 Å². The summed E-state index contributed by atoms with van der Waals surface area (Å²) in [7, 11) is -2.22. The standard InChI is InChI=1S/C44H62O9P2/c1-31(21-17-23-33(3)25-27-37-35(5)41(45)39(29-43(37,7)8)53-55(48,51-13)52-14)19-15-16-20-32(2)22-18-24-34(4)26-28-38-36(6)42(46)40(30-44(38,9)10)54(47,49-11)50-12/h15-28,39-40H,29-30H2,1-14H3/b16-15+,21-17+,22-18+,27-25+,28-26+,31-19+,32-20+,33-23+,34-24+. The molecule has 0 N–H and O–H groups in total. The lowest BCUT2D eigenvalue weighted by Gasteiger charge is -2.38. The first-order valence-electron chi connectivity index (χ1n) is 18.3. The zero-order chi connectivity index (χ0) is 41.8. The number of ketones is 2. The number of hydrogen-bond acceptors (Lipinski definition) is 9. The number of phosphoric acid groups is 1. The number of allylic oxidation sites excluding steroid dienone is 21. The topological polar surface area (TPSA) is 114 Å². The molecule has 0 fully saturated rings. The lowest BCUT2D eigenvalue weighted by Crippen LogP contribution is -2.37. The summed E-state index contributed by atoms with van der Waals surface area (Å²) in [6.07, 6.45) is 27.9. The first kappa shape index (κ1) is 47.9.